The molecule has 3 aromatic carbocycles. The minimum absolute atomic E-state index is 0.223. The van der Waals surface area contributed by atoms with E-state index in [4.69, 9.17) is 4.99 Å². The number of nitrogens with zero attached hydrogens (tertiary/aromatic N) is 1. The molecule has 0 atom stereocenters. The van der Waals surface area contributed by atoms with Crippen LogP contribution in [0.2, 0.25) is 0 Å². The summed E-state index contributed by atoms with van der Waals surface area (Å²) in [6.45, 7) is 0. The van der Waals surface area contributed by atoms with Gasteiger partial charge in [0, 0.05) is 10.5 Å². The number of benzene rings is 3. The number of halogens is 1. The Morgan fingerprint density at radius 2 is 1.42 bits per heavy atom. The predicted octanol–water partition coefficient (Wildman–Crippen LogP) is 6.25. The molecule has 0 fully saturated rings. The second-order valence-electron chi connectivity index (χ2n) is 5.07. The van der Waals surface area contributed by atoms with Crippen LogP contribution in [-0.2, 0) is 0 Å². The molecule has 0 aliphatic heterocycles. The smallest absolute Gasteiger partial charge is 0.123 e. The van der Waals surface area contributed by atoms with Crippen molar-refractivity contribution in [3.8, 4) is 0 Å². The van der Waals surface area contributed by atoms with Crippen LogP contribution < -0.4 is 0 Å². The average Bonchev–Trinajstić information content (AvgIpc) is 2.64. The van der Waals surface area contributed by atoms with Crippen molar-refractivity contribution in [1.29, 1.82) is 0 Å². The number of aliphatic imine (C=N–C) groups is 1. The van der Waals surface area contributed by atoms with Crippen molar-refractivity contribution in [2.45, 2.75) is 4.90 Å². The first-order valence-electron chi connectivity index (χ1n) is 7.59. The van der Waals surface area contributed by atoms with E-state index in [0.29, 0.717) is 0 Å². The normalized spacial score (nSPS) is 11.8. The highest BCUT2D eigenvalue weighted by Gasteiger charge is 2.00. The molecule has 0 bridgehead atoms. The number of hydrogen-bond donors (Lipinski definition) is 0. The topological polar surface area (TPSA) is 12.4 Å². The first-order chi connectivity index (χ1) is 11.8. The van der Waals surface area contributed by atoms with Gasteiger partial charge in [-0.15, -0.1) is 0 Å². The van der Waals surface area contributed by atoms with Gasteiger partial charge >= 0.3 is 0 Å². The second-order valence-corrected chi connectivity index (χ2v) is 6.05. The van der Waals surface area contributed by atoms with E-state index in [-0.39, 0.29) is 5.82 Å². The molecule has 0 radical (unpaired) electrons. The van der Waals surface area contributed by atoms with E-state index in [9.17, 15) is 4.39 Å². The van der Waals surface area contributed by atoms with E-state index in [1.165, 1.54) is 23.9 Å². The highest BCUT2D eigenvalue weighted by Crippen LogP contribution is 2.20. The summed E-state index contributed by atoms with van der Waals surface area (Å²) < 4.78 is 13.0. The Hall–Kier alpha value is -2.65. The third-order valence-corrected chi connectivity index (χ3v) is 4.14. The molecule has 3 aromatic rings. The zero-order valence-corrected chi connectivity index (χ0v) is 13.8. The molecule has 0 spiro atoms. The van der Waals surface area contributed by atoms with Crippen LogP contribution in [0, 0.1) is 5.82 Å². The van der Waals surface area contributed by atoms with Crippen molar-refractivity contribution in [1.82, 2.24) is 0 Å². The molecule has 0 unspecified atom stereocenters. The fraction of sp³-hybridized carbons (Fsp3) is 0. The van der Waals surface area contributed by atoms with Crippen LogP contribution in [0.1, 0.15) is 5.56 Å². The summed E-state index contributed by atoms with van der Waals surface area (Å²) in [4.78, 5) is 5.72. The van der Waals surface area contributed by atoms with Crippen LogP contribution in [0.5, 0.6) is 0 Å². The summed E-state index contributed by atoms with van der Waals surface area (Å²) in [5.41, 5.74) is 2.85. The zero-order chi connectivity index (χ0) is 16.6. The number of para-hydroxylation sites is 1. The lowest BCUT2D eigenvalue weighted by atomic mass is 10.1. The first kappa shape index (κ1) is 16.2. The fourth-order valence-electron chi connectivity index (χ4n) is 2.14. The molecule has 0 saturated heterocycles. The predicted molar refractivity (Wildman–Crippen MR) is 100 cm³/mol. The molecule has 0 aromatic heterocycles. The molecule has 0 saturated carbocycles. The molecule has 3 heteroatoms. The molecule has 0 aliphatic carbocycles. The van der Waals surface area contributed by atoms with Crippen LogP contribution in [0.3, 0.4) is 0 Å². The Bertz CT molecular complexity index is 825. The average molecular weight is 333 g/mol. The Morgan fingerprint density at radius 3 is 2.08 bits per heavy atom. The SMILES string of the molecule is Fc1ccc(SC=CC(=Nc2ccccc2)c2ccccc2)cc1. The van der Waals surface area contributed by atoms with Crippen molar-refractivity contribution >= 4 is 23.2 Å². The van der Waals surface area contributed by atoms with Gasteiger partial charge in [0.15, 0.2) is 0 Å². The number of rotatable bonds is 5. The van der Waals surface area contributed by atoms with Gasteiger partial charge in [0.05, 0.1) is 11.4 Å². The Morgan fingerprint density at radius 1 is 0.792 bits per heavy atom. The van der Waals surface area contributed by atoms with Gasteiger partial charge in [0.2, 0.25) is 0 Å². The van der Waals surface area contributed by atoms with Gasteiger partial charge in [-0.05, 0) is 47.9 Å². The standard InChI is InChI=1S/C21H16FNS/c22-18-11-13-20(14-12-18)24-16-15-21(17-7-3-1-4-8-17)23-19-9-5-2-6-10-19/h1-16H. The number of allylic oxidation sites excluding steroid dienone is 1. The van der Waals surface area contributed by atoms with Gasteiger partial charge in [-0.25, -0.2) is 9.38 Å². The molecule has 0 heterocycles. The van der Waals surface area contributed by atoms with Gasteiger partial charge in [-0.2, -0.15) is 0 Å². The molecule has 0 N–H and O–H groups in total. The second kappa shape index (κ2) is 8.27. The molecule has 24 heavy (non-hydrogen) atoms. The van der Waals surface area contributed by atoms with Gasteiger partial charge in [-0.3, -0.25) is 0 Å². The third-order valence-electron chi connectivity index (χ3n) is 3.32. The Balaban J connectivity index is 1.84. The van der Waals surface area contributed by atoms with E-state index in [0.717, 1.165) is 21.9 Å². The summed E-state index contributed by atoms with van der Waals surface area (Å²) >= 11 is 1.53. The molecule has 118 valence electrons. The minimum Gasteiger partial charge on any atom is -0.248 e. The van der Waals surface area contributed by atoms with Crippen LogP contribution in [-0.4, -0.2) is 5.71 Å². The third kappa shape index (κ3) is 4.67. The van der Waals surface area contributed by atoms with Gasteiger partial charge in [0.1, 0.15) is 5.82 Å². The van der Waals surface area contributed by atoms with E-state index >= 15 is 0 Å². The first-order valence-corrected chi connectivity index (χ1v) is 8.47. The summed E-state index contributed by atoms with van der Waals surface area (Å²) in [6.07, 6.45) is 1.98. The van der Waals surface area contributed by atoms with E-state index in [2.05, 4.69) is 0 Å². The lowest BCUT2D eigenvalue weighted by Gasteiger charge is -2.03. The van der Waals surface area contributed by atoms with Crippen LogP contribution in [0.25, 0.3) is 0 Å². The highest BCUT2D eigenvalue weighted by molar-refractivity contribution is 8.02. The van der Waals surface area contributed by atoms with E-state index < -0.39 is 0 Å². The molecular formula is C21H16FNS. The number of thioether (sulfide) groups is 1. The summed E-state index contributed by atoms with van der Waals surface area (Å²) in [5, 5.41) is 1.97. The molecule has 0 amide bonds. The molecule has 3 rings (SSSR count). The van der Waals surface area contributed by atoms with Crippen molar-refractivity contribution in [3.05, 3.63) is 108 Å². The van der Waals surface area contributed by atoms with Crippen LogP contribution >= 0.6 is 11.8 Å². The Kier molecular flexibility index (Phi) is 5.59. The zero-order valence-electron chi connectivity index (χ0n) is 13.0. The van der Waals surface area contributed by atoms with Crippen LogP contribution in [0.4, 0.5) is 10.1 Å². The summed E-state index contributed by atoms with van der Waals surface area (Å²) in [5.74, 6) is -0.223. The van der Waals surface area contributed by atoms with E-state index in [1.807, 2.05) is 72.1 Å². The lowest BCUT2D eigenvalue weighted by molar-refractivity contribution is 0.626. The maximum Gasteiger partial charge on any atom is 0.123 e. The van der Waals surface area contributed by atoms with Crippen LogP contribution in [0.15, 0.2) is 106 Å². The molecular weight excluding hydrogens is 317 g/mol. The lowest BCUT2D eigenvalue weighted by Crippen LogP contribution is -1.95. The van der Waals surface area contributed by atoms with Crippen molar-refractivity contribution in [3.63, 3.8) is 0 Å². The maximum atomic E-state index is 13.0. The highest BCUT2D eigenvalue weighted by atomic mass is 32.2. The van der Waals surface area contributed by atoms with Crippen molar-refractivity contribution in [2.24, 2.45) is 4.99 Å². The maximum absolute atomic E-state index is 13.0. The van der Waals surface area contributed by atoms with Crippen molar-refractivity contribution in [2.75, 3.05) is 0 Å². The molecule has 1 nitrogen and oxygen atoms in total. The fourth-order valence-corrected chi connectivity index (χ4v) is 2.79. The summed E-state index contributed by atoms with van der Waals surface area (Å²) in [7, 11) is 0. The quantitative estimate of drug-likeness (QED) is 0.397. The largest absolute Gasteiger partial charge is 0.248 e. The minimum atomic E-state index is -0.223. The number of hydrogen-bond acceptors (Lipinski definition) is 2. The summed E-state index contributed by atoms with van der Waals surface area (Å²) in [6, 6.07) is 26.4. The van der Waals surface area contributed by atoms with Crippen molar-refractivity contribution < 1.29 is 4.39 Å². The van der Waals surface area contributed by atoms with Gasteiger partial charge in [-0.1, -0.05) is 60.3 Å². The Labute approximate surface area is 145 Å². The molecule has 0 aliphatic rings. The van der Waals surface area contributed by atoms with E-state index in [1.54, 1.807) is 12.1 Å². The van der Waals surface area contributed by atoms with Gasteiger partial charge < -0.3 is 0 Å². The van der Waals surface area contributed by atoms with Gasteiger partial charge in [0.25, 0.3) is 0 Å². The monoisotopic (exact) mass is 333 g/mol.